The van der Waals surface area contributed by atoms with Gasteiger partial charge in [-0.15, -0.1) is 0 Å². The summed E-state index contributed by atoms with van der Waals surface area (Å²) in [6.45, 7) is 3.49. The molecule has 0 spiro atoms. The number of rotatable bonds is 2. The van der Waals surface area contributed by atoms with Gasteiger partial charge in [0.05, 0.1) is 4.91 Å². The molecule has 2 aliphatic heterocycles. The maximum Gasteiger partial charge on any atom is 0.286 e. The van der Waals surface area contributed by atoms with Gasteiger partial charge in [0.25, 0.3) is 5.91 Å². The summed E-state index contributed by atoms with van der Waals surface area (Å²) in [6.07, 6.45) is 1.91. The third-order valence-corrected chi connectivity index (χ3v) is 5.74. The summed E-state index contributed by atoms with van der Waals surface area (Å²) < 4.78 is 0. The topological polar surface area (TPSA) is 35.9 Å². The van der Waals surface area contributed by atoms with E-state index in [2.05, 4.69) is 14.8 Å². The molecule has 6 heteroatoms. The molecule has 1 fully saturated rings. The average Bonchev–Trinajstić information content (AvgIpc) is 3.04. The Bertz CT molecular complexity index is 856. The van der Waals surface area contributed by atoms with Gasteiger partial charge in [-0.2, -0.15) is 4.99 Å². The van der Waals surface area contributed by atoms with Crippen molar-refractivity contribution in [2.75, 3.05) is 31.1 Å². The fourth-order valence-electron chi connectivity index (χ4n) is 3.04. The summed E-state index contributed by atoms with van der Waals surface area (Å²) in [6, 6.07) is 17.8. The van der Waals surface area contributed by atoms with Crippen molar-refractivity contribution in [3.63, 3.8) is 0 Å². The third-order valence-electron chi connectivity index (χ3n) is 4.45. The zero-order chi connectivity index (χ0) is 17.9. The van der Waals surface area contributed by atoms with Gasteiger partial charge < -0.3 is 9.80 Å². The highest BCUT2D eigenvalue weighted by Crippen LogP contribution is 2.31. The van der Waals surface area contributed by atoms with Crippen molar-refractivity contribution in [2.24, 2.45) is 4.99 Å². The molecule has 0 saturated carbocycles. The van der Waals surface area contributed by atoms with Crippen LogP contribution in [0.2, 0.25) is 5.02 Å². The zero-order valence-electron chi connectivity index (χ0n) is 14.1. The molecule has 1 amide bonds. The standard InChI is InChI=1S/C20H18ClN3OS/c21-16-6-8-17(9-7-16)23-10-12-24(13-11-23)20-22-19(25)18(26-20)14-15-4-2-1-3-5-15/h1-9,14H,10-13H2. The molecule has 132 valence electrons. The number of carbonyl (C=O) groups is 1. The number of aliphatic imine (C=N–C) groups is 1. The van der Waals surface area contributed by atoms with Gasteiger partial charge in [-0.1, -0.05) is 41.9 Å². The predicted molar refractivity (Wildman–Crippen MR) is 110 cm³/mol. The molecule has 26 heavy (non-hydrogen) atoms. The summed E-state index contributed by atoms with van der Waals surface area (Å²) in [4.78, 5) is 21.7. The first kappa shape index (κ1) is 17.2. The number of amidine groups is 1. The van der Waals surface area contributed by atoms with Gasteiger partial charge in [0.15, 0.2) is 5.17 Å². The summed E-state index contributed by atoms with van der Waals surface area (Å²) in [7, 11) is 0. The summed E-state index contributed by atoms with van der Waals surface area (Å²) >= 11 is 7.43. The Labute approximate surface area is 162 Å². The number of amides is 1. The number of benzene rings is 2. The van der Waals surface area contributed by atoms with E-state index in [1.165, 1.54) is 17.4 Å². The molecule has 0 bridgehead atoms. The molecule has 0 aromatic heterocycles. The lowest BCUT2D eigenvalue weighted by Gasteiger charge is -2.36. The molecule has 2 aromatic carbocycles. The Morgan fingerprint density at radius 3 is 2.27 bits per heavy atom. The van der Waals surface area contributed by atoms with Crippen LogP contribution in [0.3, 0.4) is 0 Å². The van der Waals surface area contributed by atoms with Crippen LogP contribution in [-0.2, 0) is 4.79 Å². The number of thioether (sulfide) groups is 1. The molecule has 2 aromatic rings. The van der Waals surface area contributed by atoms with E-state index in [1.807, 2.05) is 60.7 Å². The van der Waals surface area contributed by atoms with Crippen LogP contribution < -0.4 is 4.90 Å². The highest BCUT2D eigenvalue weighted by molar-refractivity contribution is 8.18. The van der Waals surface area contributed by atoms with E-state index in [0.29, 0.717) is 4.91 Å². The smallest absolute Gasteiger partial charge is 0.286 e. The first-order chi connectivity index (χ1) is 12.7. The van der Waals surface area contributed by atoms with E-state index in [9.17, 15) is 4.79 Å². The molecule has 2 heterocycles. The van der Waals surface area contributed by atoms with Crippen LogP contribution in [0, 0.1) is 0 Å². The van der Waals surface area contributed by atoms with Crippen LogP contribution in [-0.4, -0.2) is 42.2 Å². The summed E-state index contributed by atoms with van der Waals surface area (Å²) in [5.41, 5.74) is 2.20. The van der Waals surface area contributed by atoms with E-state index in [4.69, 9.17) is 11.6 Å². The van der Waals surface area contributed by atoms with Gasteiger partial charge >= 0.3 is 0 Å². The normalized spacial score (nSPS) is 19.2. The summed E-state index contributed by atoms with van der Waals surface area (Å²) in [5, 5.41) is 1.56. The SMILES string of the molecule is O=C1N=C(N2CCN(c3ccc(Cl)cc3)CC2)SC1=Cc1ccccc1. The molecule has 1 saturated heterocycles. The number of anilines is 1. The zero-order valence-corrected chi connectivity index (χ0v) is 15.7. The quantitative estimate of drug-likeness (QED) is 0.730. The molecule has 0 atom stereocenters. The Kier molecular flexibility index (Phi) is 5.00. The van der Waals surface area contributed by atoms with Crippen LogP contribution in [0.15, 0.2) is 64.5 Å². The van der Waals surface area contributed by atoms with Crippen molar-refractivity contribution in [3.8, 4) is 0 Å². The number of piperazine rings is 1. The second-order valence-electron chi connectivity index (χ2n) is 6.17. The number of nitrogens with zero attached hydrogens (tertiary/aromatic N) is 3. The molecule has 4 rings (SSSR count). The second kappa shape index (κ2) is 7.56. The van der Waals surface area contributed by atoms with Crippen LogP contribution in [0.25, 0.3) is 6.08 Å². The van der Waals surface area contributed by atoms with E-state index >= 15 is 0 Å². The maximum atomic E-state index is 12.2. The van der Waals surface area contributed by atoms with Crippen LogP contribution in [0.5, 0.6) is 0 Å². The van der Waals surface area contributed by atoms with Crippen LogP contribution in [0.1, 0.15) is 5.56 Å². The van der Waals surface area contributed by atoms with Gasteiger partial charge in [-0.3, -0.25) is 4.79 Å². The number of carbonyl (C=O) groups excluding carboxylic acids is 1. The molecule has 0 unspecified atom stereocenters. The lowest BCUT2D eigenvalue weighted by Crippen LogP contribution is -2.47. The molecular formula is C20H18ClN3OS. The molecule has 0 aliphatic carbocycles. The molecular weight excluding hydrogens is 366 g/mol. The van der Waals surface area contributed by atoms with Crippen LogP contribution in [0.4, 0.5) is 5.69 Å². The molecule has 0 N–H and O–H groups in total. The highest BCUT2D eigenvalue weighted by Gasteiger charge is 2.28. The molecule has 2 aliphatic rings. The molecule has 4 nitrogen and oxygen atoms in total. The molecule has 0 radical (unpaired) electrons. The number of hydrogen-bond acceptors (Lipinski definition) is 4. The van der Waals surface area contributed by atoms with Gasteiger partial charge in [-0.05, 0) is 47.7 Å². The number of hydrogen-bond donors (Lipinski definition) is 0. The fourth-order valence-corrected chi connectivity index (χ4v) is 4.13. The second-order valence-corrected chi connectivity index (χ2v) is 7.62. The Balaban J connectivity index is 1.39. The van der Waals surface area contributed by atoms with Crippen molar-refractivity contribution in [3.05, 3.63) is 70.1 Å². The first-order valence-corrected chi connectivity index (χ1v) is 9.71. The van der Waals surface area contributed by atoms with E-state index in [0.717, 1.165) is 41.9 Å². The van der Waals surface area contributed by atoms with Crippen molar-refractivity contribution < 1.29 is 4.79 Å². The van der Waals surface area contributed by atoms with E-state index in [1.54, 1.807) is 0 Å². The monoisotopic (exact) mass is 383 g/mol. The Morgan fingerprint density at radius 2 is 1.58 bits per heavy atom. The minimum Gasteiger partial charge on any atom is -0.368 e. The van der Waals surface area contributed by atoms with Gasteiger partial charge in [-0.25, -0.2) is 0 Å². The predicted octanol–water partition coefficient (Wildman–Crippen LogP) is 4.13. The van der Waals surface area contributed by atoms with Crippen molar-refractivity contribution in [1.82, 2.24) is 4.90 Å². The summed E-state index contributed by atoms with van der Waals surface area (Å²) in [5.74, 6) is -0.144. The van der Waals surface area contributed by atoms with E-state index < -0.39 is 0 Å². The van der Waals surface area contributed by atoms with Crippen molar-refractivity contribution in [2.45, 2.75) is 0 Å². The maximum absolute atomic E-state index is 12.2. The minimum atomic E-state index is -0.144. The Morgan fingerprint density at radius 1 is 0.923 bits per heavy atom. The lowest BCUT2D eigenvalue weighted by molar-refractivity contribution is -0.113. The van der Waals surface area contributed by atoms with Crippen molar-refractivity contribution in [1.29, 1.82) is 0 Å². The lowest BCUT2D eigenvalue weighted by atomic mass is 10.2. The average molecular weight is 384 g/mol. The fraction of sp³-hybridized carbons (Fsp3) is 0.200. The largest absolute Gasteiger partial charge is 0.368 e. The first-order valence-electron chi connectivity index (χ1n) is 8.52. The minimum absolute atomic E-state index is 0.144. The third kappa shape index (κ3) is 3.79. The Hall–Kier alpha value is -2.24. The van der Waals surface area contributed by atoms with Crippen LogP contribution >= 0.6 is 23.4 Å². The van der Waals surface area contributed by atoms with Gasteiger partial charge in [0.1, 0.15) is 0 Å². The van der Waals surface area contributed by atoms with Gasteiger partial charge in [0.2, 0.25) is 0 Å². The van der Waals surface area contributed by atoms with Gasteiger partial charge in [0, 0.05) is 36.9 Å². The number of halogens is 1. The highest BCUT2D eigenvalue weighted by atomic mass is 35.5. The van der Waals surface area contributed by atoms with Crippen molar-refractivity contribution >= 4 is 46.2 Å². The van der Waals surface area contributed by atoms with E-state index in [-0.39, 0.29) is 5.91 Å².